The number of nitrogens with one attached hydrogen (secondary N) is 2. The minimum atomic E-state index is -2.39. The molecule has 12 heteroatoms. The molecule has 0 saturated heterocycles. The third kappa shape index (κ3) is 9.42. The van der Waals surface area contributed by atoms with Gasteiger partial charge in [0.2, 0.25) is 5.91 Å². The van der Waals surface area contributed by atoms with Gasteiger partial charge in [0.15, 0.2) is 0 Å². The molecule has 8 nitrogen and oxygen atoms in total. The lowest BCUT2D eigenvalue weighted by molar-refractivity contribution is -0.115. The molecule has 0 saturated carbocycles. The summed E-state index contributed by atoms with van der Waals surface area (Å²) >= 11 is 7.64. The van der Waals surface area contributed by atoms with E-state index in [4.69, 9.17) is 21.1 Å². The predicted octanol–water partition coefficient (Wildman–Crippen LogP) is 6.26. The zero-order valence-corrected chi connectivity index (χ0v) is 25.7. The molecular formula is C31H34ClF2N5O3S. The van der Waals surface area contributed by atoms with Crippen molar-refractivity contribution < 1.29 is 23.0 Å². The number of nitrogens with zero attached hydrogens (tertiary/aromatic N) is 3. The average Bonchev–Trinajstić information content (AvgIpc) is 2.98. The lowest BCUT2D eigenvalue weighted by Gasteiger charge is -2.25. The Bertz CT molecular complexity index is 1470. The Balaban J connectivity index is 1.50. The zero-order valence-electron chi connectivity index (χ0n) is 24.1. The molecule has 0 aliphatic carbocycles. The van der Waals surface area contributed by atoms with Gasteiger partial charge in [0.05, 0.1) is 50.5 Å². The third-order valence-electron chi connectivity index (χ3n) is 6.56. The Morgan fingerprint density at radius 2 is 1.93 bits per heavy atom. The topological polar surface area (TPSA) is 78.4 Å². The van der Waals surface area contributed by atoms with Crippen LogP contribution in [0.4, 0.5) is 20.2 Å². The minimum absolute atomic E-state index is 0.142. The van der Waals surface area contributed by atoms with Crippen LogP contribution >= 0.6 is 23.5 Å². The number of amides is 1. The Morgan fingerprint density at radius 1 is 1.12 bits per heavy atom. The van der Waals surface area contributed by atoms with Crippen LogP contribution in [0.3, 0.4) is 0 Å². The van der Waals surface area contributed by atoms with Crippen molar-refractivity contribution in [1.82, 2.24) is 9.62 Å². The molecule has 228 valence electrons. The Morgan fingerprint density at radius 3 is 2.63 bits per heavy atom. The third-order valence-corrected chi connectivity index (χ3v) is 7.77. The first-order valence-electron chi connectivity index (χ1n) is 13.5. The van der Waals surface area contributed by atoms with Crippen LogP contribution in [-0.4, -0.2) is 64.3 Å². The van der Waals surface area contributed by atoms with E-state index in [9.17, 15) is 13.6 Å². The first-order chi connectivity index (χ1) is 20.7. The van der Waals surface area contributed by atoms with Crippen molar-refractivity contribution in [1.29, 1.82) is 0 Å². The maximum atomic E-state index is 12.8. The maximum absolute atomic E-state index is 12.8. The summed E-state index contributed by atoms with van der Waals surface area (Å²) in [7, 11) is 4.87. The van der Waals surface area contributed by atoms with Gasteiger partial charge in [-0.2, -0.15) is 5.10 Å². The SMILES string of the molecule is COc1ccc(CNSc2cc(NC(=O)Cc3ccccc3Cl)ccc2N2CC=C(CN(C)CC(F)F)C=N2)c(OC)c1. The van der Waals surface area contributed by atoms with Gasteiger partial charge in [-0.3, -0.25) is 19.4 Å². The monoisotopic (exact) mass is 629 g/mol. The second kappa shape index (κ2) is 15.7. The Labute approximate surface area is 259 Å². The molecule has 0 unspecified atom stereocenters. The molecule has 1 heterocycles. The van der Waals surface area contributed by atoms with E-state index in [-0.39, 0.29) is 18.9 Å². The second-order valence-electron chi connectivity index (χ2n) is 9.79. The molecule has 3 aromatic rings. The molecular weight excluding hydrogens is 596 g/mol. The number of carbonyl (C=O) groups is 1. The molecule has 0 atom stereocenters. The zero-order chi connectivity index (χ0) is 30.8. The molecule has 4 rings (SSSR count). The van der Waals surface area contributed by atoms with Crippen LogP contribution in [0.15, 0.2) is 82.3 Å². The summed E-state index contributed by atoms with van der Waals surface area (Å²) in [6.07, 6.45) is 1.41. The minimum Gasteiger partial charge on any atom is -0.497 e. The average molecular weight is 630 g/mol. The summed E-state index contributed by atoms with van der Waals surface area (Å²) < 4.78 is 39.7. The van der Waals surface area contributed by atoms with Crippen molar-refractivity contribution in [2.75, 3.05) is 51.2 Å². The standard InChI is InChI=1S/C31H34ClF2N5O3S/c1-38(20-30(33)34)19-21-12-13-39(35-17-21)27-11-9-24(37-31(40)14-22-6-4-5-7-26(22)32)15-29(27)43-36-18-23-8-10-25(41-2)16-28(23)42-3/h4-12,15-17,30,36H,13-14,18-20H2,1-3H3,(H,37,40). The molecule has 1 amide bonds. The lowest BCUT2D eigenvalue weighted by Crippen LogP contribution is -2.29. The van der Waals surface area contributed by atoms with Crippen LogP contribution in [0.2, 0.25) is 5.02 Å². The van der Waals surface area contributed by atoms with Gasteiger partial charge in [0.25, 0.3) is 6.43 Å². The fraction of sp³-hybridized carbons (Fsp3) is 0.290. The van der Waals surface area contributed by atoms with E-state index in [0.29, 0.717) is 41.8 Å². The second-order valence-corrected chi connectivity index (χ2v) is 11.1. The molecule has 2 N–H and O–H groups in total. The normalized spacial score (nSPS) is 12.9. The molecule has 0 aromatic heterocycles. The van der Waals surface area contributed by atoms with Gasteiger partial charge in [-0.15, -0.1) is 0 Å². The van der Waals surface area contributed by atoms with Crippen molar-refractivity contribution in [2.45, 2.75) is 24.3 Å². The summed E-state index contributed by atoms with van der Waals surface area (Å²) in [6, 6.07) is 18.5. The van der Waals surface area contributed by atoms with Gasteiger partial charge < -0.3 is 14.8 Å². The first-order valence-corrected chi connectivity index (χ1v) is 14.7. The highest BCUT2D eigenvalue weighted by atomic mass is 35.5. The largest absolute Gasteiger partial charge is 0.497 e. The number of hydrazone groups is 1. The molecule has 0 fully saturated rings. The maximum Gasteiger partial charge on any atom is 0.251 e. The van der Waals surface area contributed by atoms with Gasteiger partial charge >= 0.3 is 0 Å². The number of benzene rings is 3. The van der Waals surface area contributed by atoms with Crippen LogP contribution in [0, 0.1) is 0 Å². The summed E-state index contributed by atoms with van der Waals surface area (Å²) in [5, 5.41) is 9.92. The van der Waals surface area contributed by atoms with Crippen molar-refractivity contribution in [2.24, 2.45) is 5.10 Å². The van der Waals surface area contributed by atoms with Crippen molar-refractivity contribution >= 4 is 47.0 Å². The summed E-state index contributed by atoms with van der Waals surface area (Å²) in [5.41, 5.74) is 3.99. The van der Waals surface area contributed by atoms with E-state index in [0.717, 1.165) is 27.3 Å². The molecule has 0 bridgehead atoms. The number of likely N-dealkylation sites (N-methyl/N-ethyl adjacent to an activating group) is 1. The number of halogens is 3. The summed E-state index contributed by atoms with van der Waals surface area (Å²) in [4.78, 5) is 15.2. The number of hydrogen-bond acceptors (Lipinski definition) is 8. The van der Waals surface area contributed by atoms with Gasteiger partial charge in [-0.25, -0.2) is 8.78 Å². The number of rotatable bonds is 14. The van der Waals surface area contributed by atoms with Crippen LogP contribution in [0.1, 0.15) is 11.1 Å². The van der Waals surface area contributed by atoms with E-state index >= 15 is 0 Å². The summed E-state index contributed by atoms with van der Waals surface area (Å²) in [6.45, 7) is 1.03. The molecule has 0 radical (unpaired) electrons. The van der Waals surface area contributed by atoms with Crippen molar-refractivity contribution in [3.05, 3.63) is 88.5 Å². The molecule has 3 aromatic carbocycles. The number of ether oxygens (including phenoxy) is 2. The molecule has 1 aliphatic rings. The summed E-state index contributed by atoms with van der Waals surface area (Å²) in [5.74, 6) is 1.21. The van der Waals surface area contributed by atoms with E-state index in [1.54, 1.807) is 38.4 Å². The van der Waals surface area contributed by atoms with Crippen LogP contribution < -0.4 is 24.5 Å². The molecule has 43 heavy (non-hydrogen) atoms. The van der Waals surface area contributed by atoms with Gasteiger partial charge in [0, 0.05) is 35.4 Å². The van der Waals surface area contributed by atoms with E-state index in [2.05, 4.69) is 15.1 Å². The van der Waals surface area contributed by atoms with Gasteiger partial charge in [0.1, 0.15) is 11.5 Å². The molecule has 0 spiro atoms. The molecule has 1 aliphatic heterocycles. The Hall–Kier alpha value is -3.64. The van der Waals surface area contributed by atoms with E-state index in [1.165, 1.54) is 11.9 Å². The first kappa shape index (κ1) is 32.3. The highest BCUT2D eigenvalue weighted by Crippen LogP contribution is 2.34. The van der Waals surface area contributed by atoms with E-state index in [1.807, 2.05) is 65.7 Å². The fourth-order valence-electron chi connectivity index (χ4n) is 4.42. The quantitative estimate of drug-likeness (QED) is 0.204. The smallest absolute Gasteiger partial charge is 0.251 e. The lowest BCUT2D eigenvalue weighted by atomic mass is 10.1. The number of anilines is 2. The van der Waals surface area contributed by atoms with Crippen LogP contribution in [0.25, 0.3) is 0 Å². The predicted molar refractivity (Wildman–Crippen MR) is 170 cm³/mol. The number of hydrogen-bond donors (Lipinski definition) is 2. The number of alkyl halides is 2. The highest BCUT2D eigenvalue weighted by Gasteiger charge is 2.17. The van der Waals surface area contributed by atoms with Crippen LogP contribution in [-0.2, 0) is 17.8 Å². The highest BCUT2D eigenvalue weighted by molar-refractivity contribution is 7.97. The van der Waals surface area contributed by atoms with E-state index < -0.39 is 6.43 Å². The van der Waals surface area contributed by atoms with Crippen molar-refractivity contribution in [3.8, 4) is 11.5 Å². The number of carbonyl (C=O) groups excluding carboxylic acids is 1. The van der Waals surface area contributed by atoms with Crippen molar-refractivity contribution in [3.63, 3.8) is 0 Å². The van der Waals surface area contributed by atoms with Crippen LogP contribution in [0.5, 0.6) is 11.5 Å². The van der Waals surface area contributed by atoms with Gasteiger partial charge in [-0.1, -0.05) is 41.9 Å². The number of methoxy groups -OCH3 is 2. The van der Waals surface area contributed by atoms with Gasteiger partial charge in [-0.05, 0) is 60.5 Å². The Kier molecular flexibility index (Phi) is 11.8. The fourth-order valence-corrected chi connectivity index (χ4v) is 5.47.